The molecule has 0 saturated carbocycles. The lowest BCUT2D eigenvalue weighted by Gasteiger charge is -2.02. The van der Waals surface area contributed by atoms with Crippen molar-refractivity contribution >= 4 is 0 Å². The lowest BCUT2D eigenvalue weighted by molar-refractivity contribution is 0.359. The summed E-state index contributed by atoms with van der Waals surface area (Å²) in [6.45, 7) is 3.93. The first kappa shape index (κ1) is 7.93. The SMILES string of the molecule is CCCC[C@H](C)CF. The van der Waals surface area contributed by atoms with Gasteiger partial charge in [0, 0.05) is 0 Å². The Bertz CT molecular complexity index is 43.7. The van der Waals surface area contributed by atoms with E-state index in [-0.39, 0.29) is 12.6 Å². The predicted molar refractivity (Wildman–Crippen MR) is 34.7 cm³/mol. The van der Waals surface area contributed by atoms with Crippen molar-refractivity contribution in [2.75, 3.05) is 6.67 Å². The molecule has 0 nitrogen and oxygen atoms in total. The summed E-state index contributed by atoms with van der Waals surface area (Å²) in [5.41, 5.74) is 0. The standard InChI is InChI=1S/C7H15F/c1-3-4-5-7(2)6-8/h7H,3-6H2,1-2H3/t7-/m0/s1. The monoisotopic (exact) mass is 118 g/mol. The smallest absolute Gasteiger partial charge is 0.0919 e. The first-order chi connectivity index (χ1) is 3.81. The molecule has 0 radical (unpaired) electrons. The zero-order valence-electron chi connectivity index (χ0n) is 5.78. The van der Waals surface area contributed by atoms with Crippen molar-refractivity contribution in [2.24, 2.45) is 5.92 Å². The second-order valence-electron chi connectivity index (χ2n) is 2.40. The molecule has 0 unspecified atom stereocenters. The molecule has 0 N–H and O–H groups in total. The van der Waals surface area contributed by atoms with Crippen molar-refractivity contribution in [1.82, 2.24) is 0 Å². The first-order valence-electron chi connectivity index (χ1n) is 3.37. The van der Waals surface area contributed by atoms with Gasteiger partial charge in [0.05, 0.1) is 6.67 Å². The molecule has 50 valence electrons. The van der Waals surface area contributed by atoms with E-state index >= 15 is 0 Å². The van der Waals surface area contributed by atoms with E-state index < -0.39 is 0 Å². The van der Waals surface area contributed by atoms with E-state index in [0.717, 1.165) is 6.42 Å². The Balaban J connectivity index is 2.86. The van der Waals surface area contributed by atoms with Gasteiger partial charge >= 0.3 is 0 Å². The third-order valence-electron chi connectivity index (χ3n) is 1.31. The molecule has 1 atom stereocenters. The van der Waals surface area contributed by atoms with Gasteiger partial charge in [-0.05, 0) is 12.3 Å². The maximum atomic E-state index is 11.7. The molecule has 0 heterocycles. The molecule has 0 aromatic heterocycles. The number of hydrogen-bond acceptors (Lipinski definition) is 0. The van der Waals surface area contributed by atoms with Gasteiger partial charge in [-0.25, -0.2) is 0 Å². The highest BCUT2D eigenvalue weighted by Gasteiger charge is 1.97. The largest absolute Gasteiger partial charge is 0.251 e. The second-order valence-corrected chi connectivity index (χ2v) is 2.40. The maximum absolute atomic E-state index is 11.7. The Kier molecular flexibility index (Phi) is 5.03. The minimum absolute atomic E-state index is 0.153. The quantitative estimate of drug-likeness (QED) is 0.532. The van der Waals surface area contributed by atoms with Crippen LogP contribution in [0.25, 0.3) is 0 Å². The van der Waals surface area contributed by atoms with Gasteiger partial charge in [0.2, 0.25) is 0 Å². The van der Waals surface area contributed by atoms with E-state index in [1.165, 1.54) is 12.8 Å². The Labute approximate surface area is 51.1 Å². The van der Waals surface area contributed by atoms with Crippen molar-refractivity contribution in [3.05, 3.63) is 0 Å². The molecule has 0 rings (SSSR count). The minimum atomic E-state index is -0.153. The highest BCUT2D eigenvalue weighted by atomic mass is 19.1. The van der Waals surface area contributed by atoms with Gasteiger partial charge in [0.25, 0.3) is 0 Å². The molecular weight excluding hydrogens is 103 g/mol. The van der Waals surface area contributed by atoms with Crippen LogP contribution in [0.4, 0.5) is 4.39 Å². The molecule has 8 heavy (non-hydrogen) atoms. The van der Waals surface area contributed by atoms with Crippen LogP contribution in [0.2, 0.25) is 0 Å². The summed E-state index contributed by atoms with van der Waals surface area (Å²) in [7, 11) is 0. The van der Waals surface area contributed by atoms with E-state index in [2.05, 4.69) is 6.92 Å². The van der Waals surface area contributed by atoms with E-state index in [1.807, 2.05) is 6.92 Å². The summed E-state index contributed by atoms with van der Waals surface area (Å²) in [5, 5.41) is 0. The lowest BCUT2D eigenvalue weighted by atomic mass is 10.1. The first-order valence-corrected chi connectivity index (χ1v) is 3.37. The van der Waals surface area contributed by atoms with E-state index in [4.69, 9.17) is 0 Å². The van der Waals surface area contributed by atoms with Crippen molar-refractivity contribution in [1.29, 1.82) is 0 Å². The Hall–Kier alpha value is -0.0700. The van der Waals surface area contributed by atoms with Gasteiger partial charge in [0.15, 0.2) is 0 Å². The van der Waals surface area contributed by atoms with Gasteiger partial charge < -0.3 is 0 Å². The Morgan fingerprint density at radius 1 is 1.50 bits per heavy atom. The van der Waals surface area contributed by atoms with Crippen molar-refractivity contribution in [3.8, 4) is 0 Å². The van der Waals surface area contributed by atoms with Crippen LogP contribution in [0, 0.1) is 5.92 Å². The summed E-state index contributed by atoms with van der Waals surface area (Å²) in [6, 6.07) is 0. The predicted octanol–water partition coefficient (Wildman–Crippen LogP) is 2.78. The summed E-state index contributed by atoms with van der Waals surface area (Å²) in [5.74, 6) is 0.287. The summed E-state index contributed by atoms with van der Waals surface area (Å²) in [4.78, 5) is 0. The topological polar surface area (TPSA) is 0 Å². The van der Waals surface area contributed by atoms with E-state index in [0.29, 0.717) is 0 Å². The highest BCUT2D eigenvalue weighted by molar-refractivity contribution is 4.48. The summed E-state index contributed by atoms with van der Waals surface area (Å²) >= 11 is 0. The molecular formula is C7H15F. The van der Waals surface area contributed by atoms with Crippen LogP contribution >= 0.6 is 0 Å². The van der Waals surface area contributed by atoms with Crippen LogP contribution in [-0.2, 0) is 0 Å². The number of rotatable bonds is 4. The van der Waals surface area contributed by atoms with E-state index in [9.17, 15) is 4.39 Å². The van der Waals surface area contributed by atoms with Crippen LogP contribution in [0.15, 0.2) is 0 Å². The fourth-order valence-electron chi connectivity index (χ4n) is 0.630. The highest BCUT2D eigenvalue weighted by Crippen LogP contribution is 2.06. The number of halogens is 1. The molecule has 0 amide bonds. The molecule has 0 aliphatic carbocycles. The third kappa shape index (κ3) is 4.10. The van der Waals surface area contributed by atoms with Crippen LogP contribution in [0.5, 0.6) is 0 Å². The molecule has 0 aromatic rings. The normalized spacial score (nSPS) is 13.9. The molecule has 1 heteroatoms. The van der Waals surface area contributed by atoms with Crippen LogP contribution in [0.1, 0.15) is 33.1 Å². The molecule has 0 saturated heterocycles. The second kappa shape index (κ2) is 5.07. The fraction of sp³-hybridized carbons (Fsp3) is 1.00. The van der Waals surface area contributed by atoms with Crippen molar-refractivity contribution < 1.29 is 4.39 Å². The Morgan fingerprint density at radius 3 is 2.50 bits per heavy atom. The average molecular weight is 118 g/mol. The zero-order chi connectivity index (χ0) is 6.41. The minimum Gasteiger partial charge on any atom is -0.251 e. The number of alkyl halides is 1. The molecule has 0 aliphatic rings. The van der Waals surface area contributed by atoms with Gasteiger partial charge in [0.1, 0.15) is 0 Å². The van der Waals surface area contributed by atoms with E-state index in [1.54, 1.807) is 0 Å². The summed E-state index contributed by atoms with van der Waals surface area (Å²) < 4.78 is 11.7. The van der Waals surface area contributed by atoms with Crippen LogP contribution in [-0.4, -0.2) is 6.67 Å². The molecule has 0 fully saturated rings. The maximum Gasteiger partial charge on any atom is 0.0919 e. The van der Waals surface area contributed by atoms with Crippen LogP contribution in [0.3, 0.4) is 0 Å². The van der Waals surface area contributed by atoms with Gasteiger partial charge in [-0.2, -0.15) is 0 Å². The molecule has 0 bridgehead atoms. The molecule has 0 aromatic carbocycles. The number of unbranched alkanes of at least 4 members (excludes halogenated alkanes) is 1. The molecule has 0 aliphatic heterocycles. The van der Waals surface area contributed by atoms with Gasteiger partial charge in [-0.15, -0.1) is 0 Å². The fourth-order valence-corrected chi connectivity index (χ4v) is 0.630. The van der Waals surface area contributed by atoms with Crippen molar-refractivity contribution in [2.45, 2.75) is 33.1 Å². The third-order valence-corrected chi connectivity index (χ3v) is 1.31. The molecule has 0 spiro atoms. The van der Waals surface area contributed by atoms with Gasteiger partial charge in [-0.3, -0.25) is 4.39 Å². The van der Waals surface area contributed by atoms with Crippen molar-refractivity contribution in [3.63, 3.8) is 0 Å². The summed E-state index contributed by atoms with van der Waals surface area (Å²) in [6.07, 6.45) is 3.41. The number of hydrogen-bond donors (Lipinski definition) is 0. The lowest BCUT2D eigenvalue weighted by Crippen LogP contribution is -1.94. The Morgan fingerprint density at radius 2 is 2.12 bits per heavy atom. The zero-order valence-corrected chi connectivity index (χ0v) is 5.78. The van der Waals surface area contributed by atoms with Crippen LogP contribution < -0.4 is 0 Å². The van der Waals surface area contributed by atoms with Gasteiger partial charge in [-0.1, -0.05) is 26.7 Å². The average Bonchev–Trinajstić information content (AvgIpc) is 1.83.